The average molecular weight is 270 g/mol. The quantitative estimate of drug-likeness (QED) is 0.902. The molecule has 0 amide bonds. The summed E-state index contributed by atoms with van der Waals surface area (Å²) in [5.41, 5.74) is 0.337. The van der Waals surface area contributed by atoms with Gasteiger partial charge < -0.3 is 10.1 Å². The van der Waals surface area contributed by atoms with E-state index in [9.17, 15) is 4.79 Å². The molecule has 1 aliphatic carbocycles. The number of hydrogen-bond donors (Lipinski definition) is 1. The van der Waals surface area contributed by atoms with Gasteiger partial charge in [-0.2, -0.15) is 5.10 Å². The first-order chi connectivity index (χ1) is 8.66. The molecule has 6 heteroatoms. The lowest BCUT2D eigenvalue weighted by molar-refractivity contribution is 0.0898. The molecule has 98 valence electrons. The number of ether oxygens (including phenoxy) is 1. The van der Waals surface area contributed by atoms with E-state index in [0.717, 1.165) is 13.0 Å². The average Bonchev–Trinajstić information content (AvgIpc) is 3.11. The van der Waals surface area contributed by atoms with Gasteiger partial charge in [-0.1, -0.05) is 11.6 Å². The first-order valence-electron chi connectivity index (χ1n) is 6.27. The molecule has 18 heavy (non-hydrogen) atoms. The van der Waals surface area contributed by atoms with Gasteiger partial charge in [-0.05, 0) is 25.2 Å². The van der Waals surface area contributed by atoms with Crippen LogP contribution < -0.4 is 10.9 Å². The van der Waals surface area contributed by atoms with Gasteiger partial charge in [0.25, 0.3) is 5.56 Å². The van der Waals surface area contributed by atoms with Crippen LogP contribution in [0.3, 0.4) is 0 Å². The van der Waals surface area contributed by atoms with Crippen molar-refractivity contribution in [1.29, 1.82) is 0 Å². The maximum atomic E-state index is 11.7. The lowest BCUT2D eigenvalue weighted by Crippen LogP contribution is -2.32. The lowest BCUT2D eigenvalue weighted by atomic mass is 10.1. The molecule has 0 spiro atoms. The van der Waals surface area contributed by atoms with Gasteiger partial charge in [0.15, 0.2) is 0 Å². The molecule has 0 radical (unpaired) electrons. The smallest absolute Gasteiger partial charge is 0.287 e. The Bertz CT molecular complexity index is 513. The molecule has 3 rings (SSSR count). The summed E-state index contributed by atoms with van der Waals surface area (Å²) in [5.74, 6) is 0.670. The third kappa shape index (κ3) is 2.12. The molecule has 2 unspecified atom stereocenters. The Morgan fingerprint density at radius 1 is 1.50 bits per heavy atom. The highest BCUT2D eigenvalue weighted by atomic mass is 35.5. The largest absolute Gasteiger partial charge is 0.377 e. The Balaban J connectivity index is 1.80. The topological polar surface area (TPSA) is 56.1 Å². The van der Waals surface area contributed by atoms with E-state index in [1.165, 1.54) is 17.5 Å². The van der Waals surface area contributed by atoms with Crippen molar-refractivity contribution in [3.8, 4) is 0 Å². The molecule has 1 aromatic heterocycles. The number of hydrogen-bond acceptors (Lipinski definition) is 4. The zero-order valence-corrected chi connectivity index (χ0v) is 11.0. The van der Waals surface area contributed by atoms with E-state index < -0.39 is 0 Å². The summed E-state index contributed by atoms with van der Waals surface area (Å²) in [6, 6.07) is 0.240. The zero-order chi connectivity index (χ0) is 12.7. The summed E-state index contributed by atoms with van der Waals surface area (Å²) in [4.78, 5) is 11.7. The van der Waals surface area contributed by atoms with Crippen molar-refractivity contribution in [2.24, 2.45) is 13.0 Å². The number of anilines is 1. The molecule has 2 atom stereocenters. The van der Waals surface area contributed by atoms with E-state index in [-0.39, 0.29) is 22.7 Å². The first-order valence-corrected chi connectivity index (χ1v) is 6.64. The van der Waals surface area contributed by atoms with Crippen LogP contribution >= 0.6 is 11.6 Å². The van der Waals surface area contributed by atoms with Crippen molar-refractivity contribution in [1.82, 2.24) is 9.78 Å². The van der Waals surface area contributed by atoms with Crippen molar-refractivity contribution in [2.45, 2.75) is 31.4 Å². The fraction of sp³-hybridized carbons (Fsp3) is 0.667. The van der Waals surface area contributed by atoms with E-state index in [0.29, 0.717) is 11.6 Å². The second-order valence-electron chi connectivity index (χ2n) is 5.01. The Morgan fingerprint density at radius 2 is 2.28 bits per heavy atom. The highest BCUT2D eigenvalue weighted by Gasteiger charge is 2.40. The molecular weight excluding hydrogens is 254 g/mol. The number of aryl methyl sites for hydroxylation is 1. The summed E-state index contributed by atoms with van der Waals surface area (Å²) in [7, 11) is 1.59. The molecule has 0 bridgehead atoms. The van der Waals surface area contributed by atoms with Crippen molar-refractivity contribution >= 4 is 17.3 Å². The highest BCUT2D eigenvalue weighted by molar-refractivity contribution is 6.32. The van der Waals surface area contributed by atoms with Crippen LogP contribution in [0.4, 0.5) is 5.69 Å². The fourth-order valence-electron chi connectivity index (χ4n) is 2.47. The number of rotatable bonds is 3. The molecule has 5 nitrogen and oxygen atoms in total. The van der Waals surface area contributed by atoms with Crippen LogP contribution in [-0.4, -0.2) is 28.5 Å². The van der Waals surface area contributed by atoms with Gasteiger partial charge >= 0.3 is 0 Å². The number of aromatic nitrogens is 2. The second kappa shape index (κ2) is 4.55. The molecule has 1 N–H and O–H groups in total. The molecular formula is C12H16ClN3O2. The SMILES string of the molecule is Cn1ncc(NC2CCOC2C2CC2)c(Cl)c1=O. The molecule has 0 aromatic carbocycles. The monoisotopic (exact) mass is 269 g/mol. The van der Waals surface area contributed by atoms with Gasteiger partial charge in [0.1, 0.15) is 5.02 Å². The van der Waals surface area contributed by atoms with Crippen LogP contribution in [0.1, 0.15) is 19.3 Å². The highest BCUT2D eigenvalue weighted by Crippen LogP contribution is 2.39. The number of nitrogens with one attached hydrogen (secondary N) is 1. The minimum Gasteiger partial charge on any atom is -0.377 e. The van der Waals surface area contributed by atoms with Crippen molar-refractivity contribution in [3.63, 3.8) is 0 Å². The van der Waals surface area contributed by atoms with Gasteiger partial charge in [-0.25, -0.2) is 4.68 Å². The molecule has 1 aliphatic heterocycles. The van der Waals surface area contributed by atoms with E-state index in [4.69, 9.17) is 16.3 Å². The molecule has 1 saturated carbocycles. The summed E-state index contributed by atoms with van der Waals surface area (Å²) in [6.45, 7) is 0.773. The van der Waals surface area contributed by atoms with E-state index in [2.05, 4.69) is 10.4 Å². The van der Waals surface area contributed by atoms with E-state index in [1.807, 2.05) is 0 Å². The van der Waals surface area contributed by atoms with Crippen LogP contribution in [0.5, 0.6) is 0 Å². The Labute approximate surface area is 110 Å². The predicted molar refractivity (Wildman–Crippen MR) is 69.0 cm³/mol. The summed E-state index contributed by atoms with van der Waals surface area (Å²) in [5, 5.41) is 7.50. The molecule has 1 aromatic rings. The van der Waals surface area contributed by atoms with Crippen molar-refractivity contribution in [3.05, 3.63) is 21.6 Å². The van der Waals surface area contributed by atoms with Gasteiger partial charge in [0.2, 0.25) is 0 Å². The van der Waals surface area contributed by atoms with Gasteiger partial charge in [0.05, 0.1) is 24.0 Å². The molecule has 1 saturated heterocycles. The maximum Gasteiger partial charge on any atom is 0.287 e. The molecule has 2 heterocycles. The minimum absolute atomic E-state index is 0.203. The van der Waals surface area contributed by atoms with Crippen LogP contribution in [-0.2, 0) is 11.8 Å². The van der Waals surface area contributed by atoms with Crippen LogP contribution in [0.2, 0.25) is 5.02 Å². The van der Waals surface area contributed by atoms with Crippen LogP contribution in [0, 0.1) is 5.92 Å². The minimum atomic E-state index is -0.274. The Hall–Kier alpha value is -1.07. The fourth-order valence-corrected chi connectivity index (χ4v) is 2.69. The normalized spacial score (nSPS) is 27.4. The standard InChI is InChI=1S/C12H16ClN3O2/c1-16-12(17)10(13)9(6-14-16)15-8-4-5-18-11(8)7-2-3-7/h6-8,11,15H,2-5H2,1H3. The predicted octanol–water partition coefficient (Wildman–Crippen LogP) is 1.41. The summed E-state index contributed by atoms with van der Waals surface area (Å²) >= 11 is 6.04. The van der Waals surface area contributed by atoms with E-state index in [1.54, 1.807) is 13.2 Å². The van der Waals surface area contributed by atoms with Gasteiger partial charge in [-0.15, -0.1) is 0 Å². The second-order valence-corrected chi connectivity index (χ2v) is 5.39. The molecule has 2 aliphatic rings. The maximum absolute atomic E-state index is 11.7. The summed E-state index contributed by atoms with van der Waals surface area (Å²) < 4.78 is 6.98. The Kier molecular flexibility index (Phi) is 3.03. The number of halogens is 1. The number of nitrogens with zero attached hydrogens (tertiary/aromatic N) is 2. The Morgan fingerprint density at radius 3 is 3.00 bits per heavy atom. The first kappa shape index (κ1) is 12.0. The third-order valence-electron chi connectivity index (χ3n) is 3.64. The van der Waals surface area contributed by atoms with Gasteiger partial charge in [-0.3, -0.25) is 4.79 Å². The van der Waals surface area contributed by atoms with Crippen LogP contribution in [0.25, 0.3) is 0 Å². The van der Waals surface area contributed by atoms with Crippen LogP contribution in [0.15, 0.2) is 11.0 Å². The molecule has 2 fully saturated rings. The summed E-state index contributed by atoms with van der Waals surface area (Å²) in [6.07, 6.45) is 5.29. The van der Waals surface area contributed by atoms with Crippen molar-refractivity contribution < 1.29 is 4.74 Å². The van der Waals surface area contributed by atoms with E-state index >= 15 is 0 Å². The third-order valence-corrected chi connectivity index (χ3v) is 4.01. The lowest BCUT2D eigenvalue weighted by Gasteiger charge is -2.20. The van der Waals surface area contributed by atoms with Crippen molar-refractivity contribution in [2.75, 3.05) is 11.9 Å². The van der Waals surface area contributed by atoms with Gasteiger partial charge in [0, 0.05) is 13.7 Å². The zero-order valence-electron chi connectivity index (χ0n) is 10.2.